The van der Waals surface area contributed by atoms with Crippen molar-refractivity contribution in [1.29, 1.82) is 0 Å². The Balaban J connectivity index is 5.71. The molecule has 0 amide bonds. The molecule has 5 N–H and O–H groups in total. The standard InChI is InChI=1S/C18H35N3O6/c1-10(2)7-13(16(22)23)19-21(15(18(26)27)9-12(5)6)20-14(17(24)25)8-11(3)4/h10-15,19-20H,7-9H2,1-6H3,(H,22,23)(H,24,25)(H,26,27)/t13-,14-,15-/m0/s1. The number of hydrogen-bond acceptors (Lipinski definition) is 6. The molecule has 0 aliphatic carbocycles. The number of carboxylic acids is 3. The summed E-state index contributed by atoms with van der Waals surface area (Å²) in [4.78, 5) is 35.0. The molecule has 0 radical (unpaired) electrons. The highest BCUT2D eigenvalue weighted by Gasteiger charge is 2.34. The van der Waals surface area contributed by atoms with E-state index in [-0.39, 0.29) is 37.0 Å². The van der Waals surface area contributed by atoms with Gasteiger partial charge >= 0.3 is 17.9 Å². The first-order valence-electron chi connectivity index (χ1n) is 9.35. The lowest BCUT2D eigenvalue weighted by atomic mass is 10.0. The van der Waals surface area contributed by atoms with Crippen LogP contribution in [0.4, 0.5) is 0 Å². The van der Waals surface area contributed by atoms with Crippen molar-refractivity contribution < 1.29 is 29.7 Å². The first-order chi connectivity index (χ1) is 12.3. The van der Waals surface area contributed by atoms with Crippen molar-refractivity contribution in [3.63, 3.8) is 0 Å². The summed E-state index contributed by atoms with van der Waals surface area (Å²) in [6, 6.07) is -3.20. The molecule has 9 heteroatoms. The number of hydrazine groups is 2. The van der Waals surface area contributed by atoms with E-state index < -0.39 is 36.0 Å². The maximum atomic E-state index is 11.8. The molecule has 0 aromatic carbocycles. The lowest BCUT2D eigenvalue weighted by molar-refractivity contribution is -0.157. The number of carboxylic acid groups (broad SMARTS) is 3. The third-order valence-electron chi connectivity index (χ3n) is 3.89. The van der Waals surface area contributed by atoms with Crippen LogP contribution in [0.2, 0.25) is 0 Å². The number of rotatable bonds is 14. The molecule has 0 fully saturated rings. The van der Waals surface area contributed by atoms with Crippen LogP contribution in [0.15, 0.2) is 0 Å². The van der Waals surface area contributed by atoms with E-state index in [9.17, 15) is 29.7 Å². The van der Waals surface area contributed by atoms with E-state index in [4.69, 9.17) is 0 Å². The van der Waals surface area contributed by atoms with Gasteiger partial charge in [0.2, 0.25) is 0 Å². The molecule has 0 heterocycles. The Morgan fingerprint density at radius 2 is 1.00 bits per heavy atom. The molecule has 0 aliphatic rings. The number of nitrogens with zero attached hydrogens (tertiary/aromatic N) is 1. The fourth-order valence-corrected chi connectivity index (χ4v) is 2.68. The molecule has 9 nitrogen and oxygen atoms in total. The fourth-order valence-electron chi connectivity index (χ4n) is 2.68. The van der Waals surface area contributed by atoms with Gasteiger partial charge in [-0.2, -0.15) is 5.12 Å². The van der Waals surface area contributed by atoms with E-state index >= 15 is 0 Å². The van der Waals surface area contributed by atoms with Crippen LogP contribution in [0.1, 0.15) is 60.8 Å². The SMILES string of the molecule is CC(C)C[C@H](NN(N[C@@H](CC(C)C)C(=O)O)[C@@H](CC(C)C)C(=O)O)C(=O)O. The zero-order valence-corrected chi connectivity index (χ0v) is 17.1. The first kappa shape index (κ1) is 25.3. The van der Waals surface area contributed by atoms with Crippen molar-refractivity contribution >= 4 is 17.9 Å². The summed E-state index contributed by atoms with van der Waals surface area (Å²) >= 11 is 0. The Labute approximate surface area is 161 Å². The minimum Gasteiger partial charge on any atom is -0.480 e. The van der Waals surface area contributed by atoms with Crippen molar-refractivity contribution in [2.24, 2.45) is 17.8 Å². The highest BCUT2D eigenvalue weighted by atomic mass is 16.4. The van der Waals surface area contributed by atoms with Gasteiger partial charge < -0.3 is 15.3 Å². The van der Waals surface area contributed by atoms with Crippen LogP contribution in [0.25, 0.3) is 0 Å². The molecular weight excluding hydrogens is 354 g/mol. The Bertz CT molecular complexity index is 465. The zero-order chi connectivity index (χ0) is 21.3. The summed E-state index contributed by atoms with van der Waals surface area (Å²) in [5.74, 6) is -3.29. The molecule has 158 valence electrons. The van der Waals surface area contributed by atoms with Gasteiger partial charge in [0.25, 0.3) is 0 Å². The van der Waals surface area contributed by atoms with Crippen LogP contribution in [-0.2, 0) is 14.4 Å². The third kappa shape index (κ3) is 10.3. The Morgan fingerprint density at radius 3 is 1.22 bits per heavy atom. The Kier molecular flexibility index (Phi) is 11.1. The quantitative estimate of drug-likeness (QED) is 0.281. The maximum Gasteiger partial charge on any atom is 0.323 e. The molecule has 0 unspecified atom stereocenters. The molecule has 0 saturated carbocycles. The van der Waals surface area contributed by atoms with Gasteiger partial charge in [0, 0.05) is 0 Å². The van der Waals surface area contributed by atoms with Crippen LogP contribution in [0, 0.1) is 17.8 Å². The lowest BCUT2D eigenvalue weighted by Gasteiger charge is -2.35. The average molecular weight is 389 g/mol. The van der Waals surface area contributed by atoms with Crippen LogP contribution < -0.4 is 10.9 Å². The number of carbonyl (C=O) groups is 3. The lowest BCUT2D eigenvalue weighted by Crippen LogP contribution is -2.64. The summed E-state index contributed by atoms with van der Waals surface area (Å²) in [5.41, 5.74) is 5.42. The highest BCUT2D eigenvalue weighted by Crippen LogP contribution is 2.14. The normalized spacial score (nSPS) is 15.3. The second-order valence-electron chi connectivity index (χ2n) is 8.15. The van der Waals surface area contributed by atoms with Crippen molar-refractivity contribution in [2.75, 3.05) is 0 Å². The van der Waals surface area contributed by atoms with Gasteiger partial charge in [0.15, 0.2) is 0 Å². The molecule has 3 atom stereocenters. The molecular formula is C18H35N3O6. The molecule has 0 aromatic rings. The fraction of sp³-hybridized carbons (Fsp3) is 0.833. The van der Waals surface area contributed by atoms with Gasteiger partial charge in [-0.25, -0.2) is 10.9 Å². The smallest absolute Gasteiger partial charge is 0.323 e. The summed E-state index contributed by atoms with van der Waals surface area (Å²) in [7, 11) is 0. The van der Waals surface area contributed by atoms with E-state index in [0.29, 0.717) is 0 Å². The average Bonchev–Trinajstić information content (AvgIpc) is 2.48. The van der Waals surface area contributed by atoms with E-state index in [1.807, 2.05) is 41.5 Å². The predicted octanol–water partition coefficient (Wildman–Crippen LogP) is 1.80. The summed E-state index contributed by atoms with van der Waals surface area (Å²) in [6.07, 6.45) is 0.754. The molecule has 0 spiro atoms. The van der Waals surface area contributed by atoms with E-state index in [0.717, 1.165) is 5.12 Å². The van der Waals surface area contributed by atoms with E-state index in [1.54, 1.807) is 0 Å². The molecule has 0 bridgehead atoms. The third-order valence-corrected chi connectivity index (χ3v) is 3.89. The van der Waals surface area contributed by atoms with Gasteiger partial charge in [0.05, 0.1) is 0 Å². The van der Waals surface area contributed by atoms with Gasteiger partial charge in [-0.3, -0.25) is 14.4 Å². The molecule has 0 aliphatic heterocycles. The number of hydrogen-bond donors (Lipinski definition) is 5. The van der Waals surface area contributed by atoms with Crippen LogP contribution in [-0.4, -0.2) is 56.5 Å². The second kappa shape index (κ2) is 11.9. The number of nitrogens with one attached hydrogen (secondary N) is 2. The van der Waals surface area contributed by atoms with Gasteiger partial charge in [-0.1, -0.05) is 41.5 Å². The summed E-state index contributed by atoms with van der Waals surface area (Å²) in [6.45, 7) is 11.1. The minimum atomic E-state index is -1.16. The highest BCUT2D eigenvalue weighted by molar-refractivity contribution is 5.75. The molecule has 0 rings (SSSR count). The maximum absolute atomic E-state index is 11.8. The largest absolute Gasteiger partial charge is 0.480 e. The Hall–Kier alpha value is -1.71. The van der Waals surface area contributed by atoms with Crippen LogP contribution in [0.3, 0.4) is 0 Å². The van der Waals surface area contributed by atoms with Crippen molar-refractivity contribution in [3.05, 3.63) is 0 Å². The monoisotopic (exact) mass is 389 g/mol. The van der Waals surface area contributed by atoms with Crippen LogP contribution >= 0.6 is 0 Å². The summed E-state index contributed by atoms with van der Waals surface area (Å²) in [5, 5.41) is 29.7. The molecule has 0 aromatic heterocycles. The van der Waals surface area contributed by atoms with E-state index in [1.165, 1.54) is 0 Å². The molecule has 27 heavy (non-hydrogen) atoms. The van der Waals surface area contributed by atoms with Gasteiger partial charge in [0.1, 0.15) is 18.1 Å². The van der Waals surface area contributed by atoms with E-state index in [2.05, 4.69) is 10.9 Å². The minimum absolute atomic E-state index is 0.0129. The van der Waals surface area contributed by atoms with Crippen molar-refractivity contribution in [3.8, 4) is 0 Å². The zero-order valence-electron chi connectivity index (χ0n) is 17.1. The summed E-state index contributed by atoms with van der Waals surface area (Å²) < 4.78 is 0. The topological polar surface area (TPSA) is 139 Å². The van der Waals surface area contributed by atoms with Crippen LogP contribution in [0.5, 0.6) is 0 Å². The van der Waals surface area contributed by atoms with Crippen molar-refractivity contribution in [1.82, 2.24) is 16.0 Å². The van der Waals surface area contributed by atoms with Gasteiger partial charge in [-0.05, 0) is 37.0 Å². The number of aliphatic carboxylic acids is 3. The first-order valence-corrected chi connectivity index (χ1v) is 9.35. The molecule has 0 saturated heterocycles. The Morgan fingerprint density at radius 1 is 0.667 bits per heavy atom. The predicted molar refractivity (Wildman–Crippen MR) is 101 cm³/mol. The van der Waals surface area contributed by atoms with Crippen molar-refractivity contribution in [2.45, 2.75) is 78.9 Å². The van der Waals surface area contributed by atoms with Gasteiger partial charge in [-0.15, -0.1) is 0 Å². The second-order valence-corrected chi connectivity index (χ2v) is 8.15.